The Kier molecular flexibility index (Phi) is 5.07. The summed E-state index contributed by atoms with van der Waals surface area (Å²) in [6.45, 7) is 2.18. The number of nitrogens with one attached hydrogen (secondary N) is 1. The van der Waals surface area contributed by atoms with E-state index in [0.717, 1.165) is 11.3 Å². The molecule has 6 heteroatoms. The Bertz CT molecular complexity index is 763. The summed E-state index contributed by atoms with van der Waals surface area (Å²) in [7, 11) is 1.77. The average molecular weight is 338 g/mol. The van der Waals surface area contributed by atoms with Gasteiger partial charge in [0.15, 0.2) is 0 Å². The van der Waals surface area contributed by atoms with Crippen LogP contribution in [0.25, 0.3) is 0 Å². The van der Waals surface area contributed by atoms with Crippen molar-refractivity contribution >= 4 is 11.8 Å². The number of hydrogen-bond acceptors (Lipinski definition) is 4. The van der Waals surface area contributed by atoms with Gasteiger partial charge in [0.05, 0.1) is 24.2 Å². The van der Waals surface area contributed by atoms with E-state index in [9.17, 15) is 9.59 Å². The first kappa shape index (κ1) is 17.1. The van der Waals surface area contributed by atoms with Crippen LogP contribution in [0.5, 0.6) is 0 Å². The lowest BCUT2D eigenvalue weighted by molar-refractivity contribution is -0.141. The molecule has 0 radical (unpaired) electrons. The summed E-state index contributed by atoms with van der Waals surface area (Å²) in [6, 6.07) is 11.3. The highest BCUT2D eigenvalue weighted by Crippen LogP contribution is 2.35. The molecule has 1 aromatic carbocycles. The second-order valence-corrected chi connectivity index (χ2v) is 6.32. The number of aryl methyl sites for hydroxylation is 1. The summed E-state index contributed by atoms with van der Waals surface area (Å²) in [5.74, 6) is 0.429. The number of carbonyl (C=O) groups excluding carboxylic acids is 2. The van der Waals surface area contributed by atoms with Crippen molar-refractivity contribution in [2.24, 2.45) is 5.92 Å². The van der Waals surface area contributed by atoms with Gasteiger partial charge in [-0.3, -0.25) is 9.59 Å². The van der Waals surface area contributed by atoms with Crippen molar-refractivity contribution in [1.29, 1.82) is 0 Å². The number of carbonyl (C=O) groups is 2. The molecule has 1 fully saturated rings. The highest BCUT2D eigenvalue weighted by Gasteiger charge is 2.38. The van der Waals surface area contributed by atoms with Gasteiger partial charge in [0.1, 0.15) is 5.82 Å². The fourth-order valence-electron chi connectivity index (χ4n) is 3.33. The van der Waals surface area contributed by atoms with Crippen LogP contribution in [-0.2, 0) is 16.1 Å². The first-order valence-corrected chi connectivity index (χ1v) is 8.43. The van der Waals surface area contributed by atoms with Gasteiger partial charge in [-0.1, -0.05) is 30.3 Å². The molecule has 2 atom stereocenters. The van der Waals surface area contributed by atoms with Gasteiger partial charge in [0.25, 0.3) is 0 Å². The molecule has 1 saturated heterocycles. The molecule has 6 nitrogen and oxygen atoms in total. The van der Waals surface area contributed by atoms with E-state index >= 15 is 0 Å². The highest BCUT2D eigenvalue weighted by atomic mass is 16.2. The third-order valence-electron chi connectivity index (χ3n) is 4.62. The maximum Gasteiger partial charge on any atom is 0.225 e. The number of rotatable bonds is 4. The molecule has 0 unspecified atom stereocenters. The van der Waals surface area contributed by atoms with E-state index in [-0.39, 0.29) is 23.8 Å². The summed E-state index contributed by atoms with van der Waals surface area (Å²) in [4.78, 5) is 35.0. The Morgan fingerprint density at radius 2 is 2.04 bits per heavy atom. The minimum Gasteiger partial charge on any atom is -0.350 e. The number of nitrogens with zero attached hydrogens (tertiary/aromatic N) is 3. The Morgan fingerprint density at radius 3 is 2.76 bits per heavy atom. The molecule has 2 heterocycles. The standard InChI is InChI=1S/C19H22N4O2/c1-13-20-11-10-15(22-13)12-21-19(25)16-8-9-17(24)23(2)18(16)14-6-4-3-5-7-14/h3-7,10-11,16,18H,8-9,12H2,1-2H3,(H,21,25)/t16-,18-/m0/s1. The van der Waals surface area contributed by atoms with Crippen LogP contribution in [0.3, 0.4) is 0 Å². The summed E-state index contributed by atoms with van der Waals surface area (Å²) in [5, 5.41) is 2.96. The summed E-state index contributed by atoms with van der Waals surface area (Å²) < 4.78 is 0. The van der Waals surface area contributed by atoms with Crippen LogP contribution in [0, 0.1) is 12.8 Å². The van der Waals surface area contributed by atoms with Crippen LogP contribution in [-0.4, -0.2) is 33.7 Å². The van der Waals surface area contributed by atoms with Gasteiger partial charge in [0.2, 0.25) is 11.8 Å². The minimum absolute atomic E-state index is 0.0514. The van der Waals surface area contributed by atoms with E-state index in [0.29, 0.717) is 25.2 Å². The lowest BCUT2D eigenvalue weighted by Crippen LogP contribution is -2.46. The lowest BCUT2D eigenvalue weighted by Gasteiger charge is -2.38. The molecular formula is C19H22N4O2. The second-order valence-electron chi connectivity index (χ2n) is 6.32. The molecule has 130 valence electrons. The second kappa shape index (κ2) is 7.42. The van der Waals surface area contributed by atoms with Gasteiger partial charge in [0, 0.05) is 19.7 Å². The largest absolute Gasteiger partial charge is 0.350 e. The monoisotopic (exact) mass is 338 g/mol. The van der Waals surface area contributed by atoms with E-state index in [1.165, 1.54) is 0 Å². The number of aromatic nitrogens is 2. The normalized spacial score (nSPS) is 20.4. The van der Waals surface area contributed by atoms with E-state index in [1.54, 1.807) is 24.2 Å². The Balaban J connectivity index is 1.76. The molecule has 3 rings (SSSR count). The first-order valence-electron chi connectivity index (χ1n) is 8.43. The van der Waals surface area contributed by atoms with Crippen LogP contribution in [0.2, 0.25) is 0 Å². The number of amides is 2. The zero-order valence-corrected chi connectivity index (χ0v) is 14.5. The van der Waals surface area contributed by atoms with Crippen molar-refractivity contribution < 1.29 is 9.59 Å². The maximum absolute atomic E-state index is 12.8. The van der Waals surface area contributed by atoms with Crippen molar-refractivity contribution in [3.8, 4) is 0 Å². The molecule has 0 bridgehead atoms. The topological polar surface area (TPSA) is 75.2 Å². The van der Waals surface area contributed by atoms with Gasteiger partial charge >= 0.3 is 0 Å². The van der Waals surface area contributed by atoms with E-state index in [4.69, 9.17) is 0 Å². The zero-order chi connectivity index (χ0) is 17.8. The minimum atomic E-state index is -0.270. The van der Waals surface area contributed by atoms with E-state index in [1.807, 2.05) is 37.3 Å². The van der Waals surface area contributed by atoms with Crippen LogP contribution in [0.4, 0.5) is 0 Å². The smallest absolute Gasteiger partial charge is 0.225 e. The Labute approximate surface area is 147 Å². The molecule has 1 aromatic heterocycles. The fourth-order valence-corrected chi connectivity index (χ4v) is 3.33. The molecule has 0 saturated carbocycles. The number of piperidine rings is 1. The zero-order valence-electron chi connectivity index (χ0n) is 14.5. The molecule has 2 amide bonds. The maximum atomic E-state index is 12.8. The van der Waals surface area contributed by atoms with Gasteiger partial charge in [-0.05, 0) is 25.0 Å². The molecular weight excluding hydrogens is 316 g/mol. The summed E-state index contributed by atoms with van der Waals surface area (Å²) >= 11 is 0. The molecule has 1 N–H and O–H groups in total. The number of likely N-dealkylation sites (tertiary alicyclic amines) is 1. The summed E-state index contributed by atoms with van der Waals surface area (Å²) in [6.07, 6.45) is 2.63. The molecule has 25 heavy (non-hydrogen) atoms. The lowest BCUT2D eigenvalue weighted by atomic mass is 9.84. The number of benzene rings is 1. The van der Waals surface area contributed by atoms with Crippen molar-refractivity contribution in [3.63, 3.8) is 0 Å². The predicted molar refractivity (Wildman–Crippen MR) is 93.3 cm³/mol. The Hall–Kier alpha value is -2.76. The third kappa shape index (κ3) is 3.84. The SMILES string of the molecule is Cc1nccc(CNC(=O)[C@H]2CCC(=O)N(C)[C@H]2c2ccccc2)n1. The highest BCUT2D eigenvalue weighted by molar-refractivity contribution is 5.84. The molecule has 1 aliphatic rings. The van der Waals surface area contributed by atoms with Crippen LogP contribution in [0.1, 0.15) is 36.0 Å². The third-order valence-corrected chi connectivity index (χ3v) is 4.62. The van der Waals surface area contributed by atoms with Gasteiger partial charge < -0.3 is 10.2 Å². The van der Waals surface area contributed by atoms with Crippen molar-refractivity contribution in [2.45, 2.75) is 32.4 Å². The van der Waals surface area contributed by atoms with Gasteiger partial charge in [-0.15, -0.1) is 0 Å². The van der Waals surface area contributed by atoms with Gasteiger partial charge in [-0.25, -0.2) is 9.97 Å². The summed E-state index contributed by atoms with van der Waals surface area (Å²) in [5.41, 5.74) is 1.76. The molecule has 2 aromatic rings. The van der Waals surface area contributed by atoms with Crippen LogP contribution in [0.15, 0.2) is 42.6 Å². The molecule has 0 spiro atoms. The quantitative estimate of drug-likeness (QED) is 0.925. The fraction of sp³-hybridized carbons (Fsp3) is 0.368. The van der Waals surface area contributed by atoms with E-state index in [2.05, 4.69) is 15.3 Å². The molecule has 0 aliphatic carbocycles. The van der Waals surface area contributed by atoms with Crippen molar-refractivity contribution in [3.05, 3.63) is 59.7 Å². The Morgan fingerprint density at radius 1 is 1.28 bits per heavy atom. The predicted octanol–water partition coefficient (Wildman–Crippen LogP) is 2.01. The first-order chi connectivity index (χ1) is 12.1. The average Bonchev–Trinajstić information content (AvgIpc) is 2.62. The van der Waals surface area contributed by atoms with Crippen molar-refractivity contribution in [1.82, 2.24) is 20.2 Å². The van der Waals surface area contributed by atoms with Crippen molar-refractivity contribution in [2.75, 3.05) is 7.05 Å². The van der Waals surface area contributed by atoms with Crippen LogP contribution >= 0.6 is 0 Å². The van der Waals surface area contributed by atoms with E-state index < -0.39 is 0 Å². The number of hydrogen-bond donors (Lipinski definition) is 1. The van der Waals surface area contributed by atoms with Gasteiger partial charge in [-0.2, -0.15) is 0 Å². The van der Waals surface area contributed by atoms with Crippen LogP contribution < -0.4 is 5.32 Å². The molecule has 1 aliphatic heterocycles.